The molecule has 1 saturated carbocycles. The number of halogens is 2. The third kappa shape index (κ3) is 2.94. The Morgan fingerprint density at radius 3 is 2.26 bits per heavy atom. The Balaban J connectivity index is 2.03. The lowest BCUT2D eigenvalue weighted by Crippen LogP contribution is -2.32. The van der Waals surface area contributed by atoms with Gasteiger partial charge in [0.05, 0.1) is 13.0 Å². The number of hydrogen-bond donors (Lipinski definition) is 0. The highest BCUT2D eigenvalue weighted by Crippen LogP contribution is 2.44. The van der Waals surface area contributed by atoms with Gasteiger partial charge in [-0.3, -0.25) is 4.79 Å². The molecule has 0 amide bonds. The first-order valence-corrected chi connectivity index (χ1v) is 6.57. The molecule has 104 valence electrons. The van der Waals surface area contributed by atoms with Crippen LogP contribution in [0.5, 0.6) is 0 Å². The Hall–Kier alpha value is -1.45. The van der Waals surface area contributed by atoms with E-state index in [2.05, 4.69) is 4.74 Å². The molecule has 1 fully saturated rings. The normalized spacial score (nSPS) is 23.9. The number of hydrogen-bond acceptors (Lipinski definition) is 2. The van der Waals surface area contributed by atoms with Crippen molar-refractivity contribution >= 4 is 5.97 Å². The van der Waals surface area contributed by atoms with Crippen molar-refractivity contribution in [3.8, 4) is 0 Å². The fourth-order valence-electron chi connectivity index (χ4n) is 2.75. The fourth-order valence-corrected chi connectivity index (χ4v) is 2.75. The first kappa shape index (κ1) is 14.0. The average molecular weight is 268 g/mol. The summed E-state index contributed by atoms with van der Waals surface area (Å²) < 4.78 is 33.3. The zero-order valence-electron chi connectivity index (χ0n) is 10.9. The van der Waals surface area contributed by atoms with Gasteiger partial charge >= 0.3 is 5.97 Å². The Labute approximate surface area is 111 Å². The van der Waals surface area contributed by atoms with Gasteiger partial charge in [-0.2, -0.15) is 0 Å². The summed E-state index contributed by atoms with van der Waals surface area (Å²) in [6.45, 7) is 0. The van der Waals surface area contributed by atoms with E-state index in [0.717, 1.165) is 0 Å². The molecule has 4 heteroatoms. The van der Waals surface area contributed by atoms with E-state index in [4.69, 9.17) is 0 Å². The molecular formula is C15H18F2O2. The lowest BCUT2D eigenvalue weighted by Gasteiger charge is -2.32. The van der Waals surface area contributed by atoms with Gasteiger partial charge in [0.25, 0.3) is 5.92 Å². The highest BCUT2D eigenvalue weighted by Gasteiger charge is 2.43. The van der Waals surface area contributed by atoms with E-state index in [1.165, 1.54) is 19.2 Å². The van der Waals surface area contributed by atoms with Crippen molar-refractivity contribution in [3.05, 3.63) is 35.9 Å². The monoisotopic (exact) mass is 268 g/mol. The van der Waals surface area contributed by atoms with Gasteiger partial charge in [0.15, 0.2) is 0 Å². The SMILES string of the molecule is COC(=O)C1CCC(C(F)(F)c2ccccc2)CC1. The van der Waals surface area contributed by atoms with Crippen molar-refractivity contribution in [3.63, 3.8) is 0 Å². The maximum Gasteiger partial charge on any atom is 0.308 e. The van der Waals surface area contributed by atoms with Crippen molar-refractivity contribution in [2.75, 3.05) is 7.11 Å². The van der Waals surface area contributed by atoms with Crippen molar-refractivity contribution in [1.82, 2.24) is 0 Å². The van der Waals surface area contributed by atoms with Gasteiger partial charge in [-0.25, -0.2) is 8.78 Å². The molecule has 0 N–H and O–H groups in total. The van der Waals surface area contributed by atoms with Crippen LogP contribution in [0.15, 0.2) is 30.3 Å². The smallest absolute Gasteiger partial charge is 0.308 e. The zero-order valence-corrected chi connectivity index (χ0v) is 10.9. The zero-order chi connectivity index (χ0) is 13.9. The largest absolute Gasteiger partial charge is 0.469 e. The van der Waals surface area contributed by atoms with Gasteiger partial charge in [0.1, 0.15) is 0 Å². The molecule has 1 aliphatic rings. The number of carbonyl (C=O) groups excluding carboxylic acids is 1. The summed E-state index contributed by atoms with van der Waals surface area (Å²) in [5.74, 6) is -3.99. The number of rotatable bonds is 3. The van der Waals surface area contributed by atoms with Gasteiger partial charge in [-0.1, -0.05) is 30.3 Å². The van der Waals surface area contributed by atoms with Crippen molar-refractivity contribution < 1.29 is 18.3 Å². The van der Waals surface area contributed by atoms with Gasteiger partial charge in [-0.15, -0.1) is 0 Å². The molecule has 0 aromatic heterocycles. The molecule has 0 aliphatic heterocycles. The molecule has 0 saturated heterocycles. The van der Waals surface area contributed by atoms with Crippen molar-refractivity contribution in [2.24, 2.45) is 11.8 Å². The predicted molar refractivity (Wildman–Crippen MR) is 67.8 cm³/mol. The van der Waals surface area contributed by atoms with E-state index in [0.29, 0.717) is 25.7 Å². The van der Waals surface area contributed by atoms with Crippen LogP contribution in [0.3, 0.4) is 0 Å². The van der Waals surface area contributed by atoms with Crippen molar-refractivity contribution in [2.45, 2.75) is 31.6 Å². The molecule has 19 heavy (non-hydrogen) atoms. The van der Waals surface area contributed by atoms with Crippen LogP contribution in [0.2, 0.25) is 0 Å². The van der Waals surface area contributed by atoms with Crippen LogP contribution in [0.25, 0.3) is 0 Å². The Morgan fingerprint density at radius 2 is 1.74 bits per heavy atom. The number of carbonyl (C=O) groups is 1. The third-order valence-corrected chi connectivity index (χ3v) is 3.93. The minimum absolute atomic E-state index is 0.0662. The second-order valence-corrected chi connectivity index (χ2v) is 5.06. The van der Waals surface area contributed by atoms with E-state index in [9.17, 15) is 13.6 Å². The first-order valence-electron chi connectivity index (χ1n) is 6.57. The average Bonchev–Trinajstić information content (AvgIpc) is 2.47. The molecule has 2 rings (SSSR count). The van der Waals surface area contributed by atoms with Gasteiger partial charge in [0, 0.05) is 11.5 Å². The molecule has 0 atom stereocenters. The summed E-state index contributed by atoms with van der Waals surface area (Å²) in [7, 11) is 1.34. The van der Waals surface area contributed by atoms with Crippen LogP contribution in [0.4, 0.5) is 8.78 Å². The highest BCUT2D eigenvalue weighted by molar-refractivity contribution is 5.72. The maximum atomic E-state index is 14.3. The van der Waals surface area contributed by atoms with Gasteiger partial charge in [0.2, 0.25) is 0 Å². The molecule has 1 aliphatic carbocycles. The Kier molecular flexibility index (Phi) is 4.17. The van der Waals surface area contributed by atoms with E-state index < -0.39 is 11.8 Å². The number of esters is 1. The fraction of sp³-hybridized carbons (Fsp3) is 0.533. The number of ether oxygens (including phenoxy) is 1. The number of methoxy groups -OCH3 is 1. The van der Waals surface area contributed by atoms with Crippen LogP contribution in [0.1, 0.15) is 31.2 Å². The molecule has 1 aromatic rings. The molecule has 1 aromatic carbocycles. The lowest BCUT2D eigenvalue weighted by atomic mass is 9.77. The minimum atomic E-state index is -2.82. The molecule has 0 heterocycles. The Bertz CT molecular complexity index is 423. The highest BCUT2D eigenvalue weighted by atomic mass is 19.3. The van der Waals surface area contributed by atoms with E-state index in [1.807, 2.05) is 0 Å². The molecule has 0 bridgehead atoms. The van der Waals surface area contributed by atoms with E-state index in [-0.39, 0.29) is 17.5 Å². The van der Waals surface area contributed by atoms with Crippen LogP contribution in [0, 0.1) is 11.8 Å². The predicted octanol–water partition coefficient (Wildman–Crippen LogP) is 3.76. The molecular weight excluding hydrogens is 250 g/mol. The number of alkyl halides is 2. The van der Waals surface area contributed by atoms with Crippen LogP contribution in [-0.2, 0) is 15.5 Å². The first-order chi connectivity index (χ1) is 9.05. The summed E-state index contributed by atoms with van der Waals surface area (Å²) in [6, 6.07) is 7.92. The topological polar surface area (TPSA) is 26.3 Å². The second-order valence-electron chi connectivity index (χ2n) is 5.06. The molecule has 0 radical (unpaired) electrons. The van der Waals surface area contributed by atoms with Gasteiger partial charge in [-0.05, 0) is 25.7 Å². The maximum absolute atomic E-state index is 14.3. The van der Waals surface area contributed by atoms with Crippen LogP contribution >= 0.6 is 0 Å². The summed E-state index contributed by atoms with van der Waals surface area (Å²) in [5, 5.41) is 0. The lowest BCUT2D eigenvalue weighted by molar-refractivity contribution is -0.149. The molecule has 0 unspecified atom stereocenters. The third-order valence-electron chi connectivity index (χ3n) is 3.93. The quantitative estimate of drug-likeness (QED) is 0.780. The second kappa shape index (κ2) is 5.68. The molecule has 0 spiro atoms. The van der Waals surface area contributed by atoms with Crippen LogP contribution in [-0.4, -0.2) is 13.1 Å². The van der Waals surface area contributed by atoms with Crippen LogP contribution < -0.4 is 0 Å². The standard InChI is InChI=1S/C15H18F2O2/c1-19-14(18)11-7-9-13(10-8-11)15(16,17)12-5-3-2-4-6-12/h2-6,11,13H,7-10H2,1H3. The summed E-state index contributed by atoms with van der Waals surface area (Å²) >= 11 is 0. The van der Waals surface area contributed by atoms with E-state index in [1.54, 1.807) is 18.2 Å². The summed E-state index contributed by atoms with van der Waals surface area (Å²) in [6.07, 6.45) is 1.70. The number of benzene rings is 1. The van der Waals surface area contributed by atoms with Gasteiger partial charge < -0.3 is 4.74 Å². The summed E-state index contributed by atoms with van der Waals surface area (Å²) in [4.78, 5) is 11.4. The Morgan fingerprint density at radius 1 is 1.16 bits per heavy atom. The summed E-state index contributed by atoms with van der Waals surface area (Å²) in [5.41, 5.74) is 0.0662. The van der Waals surface area contributed by atoms with Crippen molar-refractivity contribution in [1.29, 1.82) is 0 Å². The minimum Gasteiger partial charge on any atom is -0.469 e. The van der Waals surface area contributed by atoms with E-state index >= 15 is 0 Å². The molecule has 2 nitrogen and oxygen atoms in total.